The molecular weight excluding hydrogens is 284 g/mol. The van der Waals surface area contributed by atoms with E-state index in [9.17, 15) is 8.42 Å². The van der Waals surface area contributed by atoms with Gasteiger partial charge in [0.2, 0.25) is 10.0 Å². The van der Waals surface area contributed by atoms with Crippen LogP contribution in [-0.4, -0.2) is 32.4 Å². The fourth-order valence-electron chi connectivity index (χ4n) is 1.92. The van der Waals surface area contributed by atoms with Gasteiger partial charge in [-0.3, -0.25) is 0 Å². The maximum Gasteiger partial charge on any atom is 0.218 e. The lowest BCUT2D eigenvalue weighted by Gasteiger charge is -2.17. The van der Waals surface area contributed by atoms with E-state index in [1.165, 1.54) is 9.87 Å². The van der Waals surface area contributed by atoms with Gasteiger partial charge in [0.05, 0.1) is 5.75 Å². The van der Waals surface area contributed by atoms with E-state index in [4.69, 9.17) is 0 Å². The number of benzene rings is 1. The second-order valence-corrected chi connectivity index (χ2v) is 7.86. The van der Waals surface area contributed by atoms with Crippen molar-refractivity contribution in [2.24, 2.45) is 0 Å². The van der Waals surface area contributed by atoms with Crippen LogP contribution in [0.1, 0.15) is 44.7 Å². The van der Waals surface area contributed by atoms with Gasteiger partial charge >= 0.3 is 0 Å². The summed E-state index contributed by atoms with van der Waals surface area (Å²) in [4.78, 5) is 0. The van der Waals surface area contributed by atoms with E-state index in [1.54, 1.807) is 7.05 Å². The van der Waals surface area contributed by atoms with Crippen molar-refractivity contribution in [3.63, 3.8) is 0 Å². The van der Waals surface area contributed by atoms with Crippen LogP contribution in [0.5, 0.6) is 0 Å². The Labute approximate surface area is 129 Å². The topological polar surface area (TPSA) is 49.4 Å². The zero-order chi connectivity index (χ0) is 15.9. The van der Waals surface area contributed by atoms with Gasteiger partial charge in [0.15, 0.2) is 0 Å². The quantitative estimate of drug-likeness (QED) is 0.763. The van der Waals surface area contributed by atoms with Crippen LogP contribution in [0.2, 0.25) is 0 Å². The molecule has 1 aromatic carbocycles. The molecule has 0 aliphatic heterocycles. The lowest BCUT2D eigenvalue weighted by Crippen LogP contribution is -2.29. The standard InChI is InChI=1S/C16H28N2O2S/c1-5-6-11-18(4)21(19,20)13-16-9-7-15(8-10-16)12-17-14(2)3/h7-10,14,17H,5-6,11-13H2,1-4H3. The van der Waals surface area contributed by atoms with Gasteiger partial charge in [0, 0.05) is 26.2 Å². The normalized spacial score (nSPS) is 12.3. The van der Waals surface area contributed by atoms with Gasteiger partial charge in [0.25, 0.3) is 0 Å². The van der Waals surface area contributed by atoms with Gasteiger partial charge in [-0.25, -0.2) is 12.7 Å². The smallest absolute Gasteiger partial charge is 0.218 e. The number of hydrogen-bond donors (Lipinski definition) is 1. The van der Waals surface area contributed by atoms with Gasteiger partial charge in [-0.15, -0.1) is 0 Å². The zero-order valence-corrected chi connectivity index (χ0v) is 14.4. The maximum absolute atomic E-state index is 12.2. The molecule has 0 radical (unpaired) electrons. The largest absolute Gasteiger partial charge is 0.310 e. The van der Waals surface area contributed by atoms with E-state index in [1.807, 2.05) is 24.3 Å². The third-order valence-electron chi connectivity index (χ3n) is 3.39. The SMILES string of the molecule is CCCCN(C)S(=O)(=O)Cc1ccc(CNC(C)C)cc1. The van der Waals surface area contributed by atoms with Crippen LogP contribution < -0.4 is 5.32 Å². The molecule has 5 heteroatoms. The first-order chi connectivity index (χ1) is 9.85. The molecule has 0 heterocycles. The van der Waals surface area contributed by atoms with Crippen LogP contribution in [0.25, 0.3) is 0 Å². The number of nitrogens with one attached hydrogen (secondary N) is 1. The number of rotatable bonds is 9. The van der Waals surface area contributed by atoms with Crippen LogP contribution in [0.3, 0.4) is 0 Å². The van der Waals surface area contributed by atoms with Crippen molar-refractivity contribution in [3.05, 3.63) is 35.4 Å². The highest BCUT2D eigenvalue weighted by atomic mass is 32.2. The molecule has 0 fully saturated rings. The Morgan fingerprint density at radius 2 is 1.71 bits per heavy atom. The van der Waals surface area contributed by atoms with E-state index in [2.05, 4.69) is 26.1 Å². The summed E-state index contributed by atoms with van der Waals surface area (Å²) in [6.07, 6.45) is 1.90. The molecule has 0 atom stereocenters. The molecule has 21 heavy (non-hydrogen) atoms. The van der Waals surface area contributed by atoms with Gasteiger partial charge in [-0.1, -0.05) is 51.5 Å². The summed E-state index contributed by atoms with van der Waals surface area (Å²) < 4.78 is 25.9. The molecule has 0 saturated heterocycles. The summed E-state index contributed by atoms with van der Waals surface area (Å²) >= 11 is 0. The fraction of sp³-hybridized carbons (Fsp3) is 0.625. The molecule has 0 bridgehead atoms. The summed E-state index contributed by atoms with van der Waals surface area (Å²) in [5.74, 6) is 0.0745. The maximum atomic E-state index is 12.2. The fourth-order valence-corrected chi connectivity index (χ4v) is 3.16. The zero-order valence-electron chi connectivity index (χ0n) is 13.6. The first kappa shape index (κ1) is 18.1. The van der Waals surface area contributed by atoms with Gasteiger partial charge in [-0.2, -0.15) is 0 Å². The molecule has 0 unspecified atom stereocenters. The van der Waals surface area contributed by atoms with E-state index in [0.29, 0.717) is 12.6 Å². The van der Waals surface area contributed by atoms with Crippen molar-refractivity contribution < 1.29 is 8.42 Å². The van der Waals surface area contributed by atoms with Crippen molar-refractivity contribution in [1.82, 2.24) is 9.62 Å². The number of nitrogens with zero attached hydrogens (tertiary/aromatic N) is 1. The summed E-state index contributed by atoms with van der Waals surface area (Å²) in [6.45, 7) is 7.67. The van der Waals surface area contributed by atoms with E-state index < -0.39 is 10.0 Å². The minimum Gasteiger partial charge on any atom is -0.310 e. The van der Waals surface area contributed by atoms with Crippen LogP contribution in [-0.2, 0) is 22.3 Å². The molecular formula is C16H28N2O2S. The van der Waals surface area contributed by atoms with Crippen molar-refractivity contribution in [2.45, 2.75) is 52.0 Å². The van der Waals surface area contributed by atoms with Gasteiger partial charge in [0.1, 0.15) is 0 Å². The molecule has 1 N–H and O–H groups in total. The van der Waals surface area contributed by atoms with Crippen molar-refractivity contribution >= 4 is 10.0 Å². The van der Waals surface area contributed by atoms with Crippen LogP contribution in [0.15, 0.2) is 24.3 Å². The highest BCUT2D eigenvalue weighted by Gasteiger charge is 2.17. The minimum absolute atomic E-state index is 0.0745. The third kappa shape index (κ3) is 6.59. The number of hydrogen-bond acceptors (Lipinski definition) is 3. The Kier molecular flexibility index (Phi) is 7.35. The van der Waals surface area contributed by atoms with Gasteiger partial charge in [-0.05, 0) is 17.5 Å². The average Bonchev–Trinajstić information content (AvgIpc) is 2.43. The summed E-state index contributed by atoms with van der Waals surface area (Å²) in [7, 11) is -1.55. The van der Waals surface area contributed by atoms with Crippen molar-refractivity contribution in [1.29, 1.82) is 0 Å². The minimum atomic E-state index is -3.21. The first-order valence-corrected chi connectivity index (χ1v) is 9.21. The third-order valence-corrected chi connectivity index (χ3v) is 5.22. The van der Waals surface area contributed by atoms with Crippen LogP contribution >= 0.6 is 0 Å². The van der Waals surface area contributed by atoms with E-state index in [0.717, 1.165) is 24.9 Å². The predicted octanol–water partition coefficient (Wildman–Crippen LogP) is 2.75. The van der Waals surface area contributed by atoms with Crippen molar-refractivity contribution in [2.75, 3.05) is 13.6 Å². The molecule has 0 aliphatic rings. The first-order valence-electron chi connectivity index (χ1n) is 7.60. The monoisotopic (exact) mass is 312 g/mol. The van der Waals surface area contributed by atoms with Crippen LogP contribution in [0.4, 0.5) is 0 Å². The molecule has 1 rings (SSSR count). The number of sulfonamides is 1. The van der Waals surface area contributed by atoms with Gasteiger partial charge < -0.3 is 5.32 Å². The Balaban J connectivity index is 2.62. The Hall–Kier alpha value is -0.910. The second kappa shape index (κ2) is 8.51. The lowest BCUT2D eigenvalue weighted by atomic mass is 10.1. The molecule has 1 aromatic rings. The molecule has 0 aromatic heterocycles. The molecule has 0 saturated carbocycles. The highest BCUT2D eigenvalue weighted by molar-refractivity contribution is 7.88. The molecule has 4 nitrogen and oxygen atoms in total. The van der Waals surface area contributed by atoms with E-state index in [-0.39, 0.29) is 5.75 Å². The summed E-state index contributed by atoms with van der Waals surface area (Å²) in [5.41, 5.74) is 2.01. The van der Waals surface area contributed by atoms with Crippen LogP contribution in [0, 0.1) is 0 Å². The molecule has 0 aliphatic carbocycles. The highest BCUT2D eigenvalue weighted by Crippen LogP contribution is 2.12. The average molecular weight is 312 g/mol. The molecule has 0 amide bonds. The number of unbranched alkanes of at least 4 members (excludes halogenated alkanes) is 1. The predicted molar refractivity (Wildman–Crippen MR) is 88.6 cm³/mol. The molecule has 120 valence electrons. The Bertz CT molecular complexity index is 510. The lowest BCUT2D eigenvalue weighted by molar-refractivity contribution is 0.458. The van der Waals surface area contributed by atoms with E-state index >= 15 is 0 Å². The Morgan fingerprint density at radius 3 is 2.24 bits per heavy atom. The Morgan fingerprint density at radius 1 is 1.14 bits per heavy atom. The molecule has 0 spiro atoms. The summed E-state index contributed by atoms with van der Waals surface area (Å²) in [6, 6.07) is 8.24. The van der Waals surface area contributed by atoms with Crippen molar-refractivity contribution in [3.8, 4) is 0 Å². The summed E-state index contributed by atoms with van der Waals surface area (Å²) in [5, 5.41) is 3.34. The second-order valence-electron chi connectivity index (χ2n) is 5.78.